The maximum absolute atomic E-state index is 5.41. The Kier molecular flexibility index (Phi) is 4.51. The van der Waals surface area contributed by atoms with Crippen molar-refractivity contribution in [3.63, 3.8) is 0 Å². The number of nitrogens with one attached hydrogen (secondary N) is 2. The van der Waals surface area contributed by atoms with Crippen LogP contribution in [0.1, 0.15) is 17.4 Å². The fourth-order valence-corrected chi connectivity index (χ4v) is 3.41. The molecule has 4 heterocycles. The van der Waals surface area contributed by atoms with Crippen LogP contribution in [0.5, 0.6) is 0 Å². The lowest BCUT2D eigenvalue weighted by Crippen LogP contribution is -2.01. The van der Waals surface area contributed by atoms with Crippen LogP contribution in [0.25, 0.3) is 28.2 Å². The Bertz CT molecular complexity index is 1330. The number of anilines is 2. The fourth-order valence-electron chi connectivity index (χ4n) is 3.41. The standard InChI is InChI=1S/C21H19N9O/c1-12-19(15-10-23-24-11-15)20(29-31-12)18-8-9-22-21(27-18)26-16-4-6-17(7-5-16)30-14(3)25-13(2)28-30/h4-11H,1-3H3,(H,23,24)(H,22,26,27). The number of nitrogens with zero attached hydrogens (tertiary/aromatic N) is 7. The number of H-pyrrole nitrogens is 1. The molecular weight excluding hydrogens is 394 g/mol. The average molecular weight is 413 g/mol. The second-order valence-corrected chi connectivity index (χ2v) is 7.00. The number of aryl methyl sites for hydroxylation is 3. The quantitative estimate of drug-likeness (QED) is 0.446. The molecule has 0 aliphatic carbocycles. The van der Waals surface area contributed by atoms with E-state index in [1.54, 1.807) is 29.3 Å². The first-order chi connectivity index (χ1) is 15.1. The SMILES string of the molecule is Cc1nc(C)n(-c2ccc(Nc3nccc(-c4noc(C)c4-c4cn[nH]c4)n3)cc2)n1. The van der Waals surface area contributed by atoms with Crippen LogP contribution >= 0.6 is 0 Å². The average Bonchev–Trinajstić information content (AvgIpc) is 3.49. The van der Waals surface area contributed by atoms with Crippen molar-refractivity contribution in [2.75, 3.05) is 5.32 Å². The van der Waals surface area contributed by atoms with Crippen LogP contribution in [0.3, 0.4) is 0 Å². The highest BCUT2D eigenvalue weighted by Crippen LogP contribution is 2.33. The predicted molar refractivity (Wildman–Crippen MR) is 114 cm³/mol. The molecule has 0 amide bonds. The largest absolute Gasteiger partial charge is 0.360 e. The summed E-state index contributed by atoms with van der Waals surface area (Å²) in [7, 11) is 0. The second kappa shape index (κ2) is 7.48. The molecular formula is C21H19N9O. The van der Waals surface area contributed by atoms with E-state index >= 15 is 0 Å². The monoisotopic (exact) mass is 413 g/mol. The van der Waals surface area contributed by atoms with Gasteiger partial charge in [-0.25, -0.2) is 19.6 Å². The third kappa shape index (κ3) is 3.54. The Morgan fingerprint density at radius 2 is 1.87 bits per heavy atom. The Labute approximate surface area is 177 Å². The molecule has 10 heteroatoms. The number of hydrogen-bond acceptors (Lipinski definition) is 8. The molecule has 5 aromatic rings. The first-order valence-corrected chi connectivity index (χ1v) is 9.65. The molecule has 2 N–H and O–H groups in total. The molecule has 0 fully saturated rings. The maximum Gasteiger partial charge on any atom is 0.227 e. The van der Waals surface area contributed by atoms with Crippen molar-refractivity contribution < 1.29 is 4.52 Å². The van der Waals surface area contributed by atoms with Crippen molar-refractivity contribution in [1.82, 2.24) is 40.1 Å². The molecule has 0 spiro atoms. The number of rotatable bonds is 5. The molecule has 0 atom stereocenters. The van der Waals surface area contributed by atoms with Crippen LogP contribution in [0.2, 0.25) is 0 Å². The Morgan fingerprint density at radius 1 is 1.03 bits per heavy atom. The number of benzene rings is 1. The summed E-state index contributed by atoms with van der Waals surface area (Å²) in [4.78, 5) is 13.3. The minimum atomic E-state index is 0.455. The van der Waals surface area contributed by atoms with Gasteiger partial charge in [0, 0.05) is 23.6 Å². The van der Waals surface area contributed by atoms with Crippen molar-refractivity contribution in [1.29, 1.82) is 0 Å². The Morgan fingerprint density at radius 3 is 2.58 bits per heavy atom. The fraction of sp³-hybridized carbons (Fsp3) is 0.143. The molecule has 4 aromatic heterocycles. The lowest BCUT2D eigenvalue weighted by atomic mass is 10.1. The summed E-state index contributed by atoms with van der Waals surface area (Å²) in [5.74, 6) is 2.73. The number of hydrogen-bond donors (Lipinski definition) is 2. The smallest absolute Gasteiger partial charge is 0.227 e. The van der Waals surface area contributed by atoms with E-state index in [9.17, 15) is 0 Å². The minimum Gasteiger partial charge on any atom is -0.360 e. The van der Waals surface area contributed by atoms with Gasteiger partial charge in [-0.15, -0.1) is 0 Å². The summed E-state index contributed by atoms with van der Waals surface area (Å²) in [5, 5.41) is 18.7. The molecule has 0 radical (unpaired) electrons. The minimum absolute atomic E-state index is 0.455. The third-order valence-corrected chi connectivity index (χ3v) is 4.79. The van der Waals surface area contributed by atoms with E-state index in [1.165, 1.54) is 0 Å². The van der Waals surface area contributed by atoms with Crippen LogP contribution in [0.15, 0.2) is 53.4 Å². The molecule has 31 heavy (non-hydrogen) atoms. The second-order valence-electron chi connectivity index (χ2n) is 7.00. The Balaban J connectivity index is 1.41. The van der Waals surface area contributed by atoms with Crippen LogP contribution < -0.4 is 5.32 Å². The molecule has 154 valence electrons. The summed E-state index contributed by atoms with van der Waals surface area (Å²) >= 11 is 0. The molecule has 0 saturated heterocycles. The van der Waals surface area contributed by atoms with Crippen LogP contribution in [-0.4, -0.2) is 40.1 Å². The normalized spacial score (nSPS) is 11.1. The highest BCUT2D eigenvalue weighted by Gasteiger charge is 2.19. The number of aromatic amines is 1. The van der Waals surface area contributed by atoms with Gasteiger partial charge in [0.05, 0.1) is 23.1 Å². The van der Waals surface area contributed by atoms with Gasteiger partial charge in [-0.05, 0) is 51.1 Å². The first-order valence-electron chi connectivity index (χ1n) is 9.65. The zero-order valence-electron chi connectivity index (χ0n) is 17.2. The summed E-state index contributed by atoms with van der Waals surface area (Å²) in [6, 6.07) is 9.61. The van der Waals surface area contributed by atoms with E-state index in [4.69, 9.17) is 4.52 Å². The van der Waals surface area contributed by atoms with Crippen LogP contribution in [-0.2, 0) is 0 Å². The van der Waals surface area contributed by atoms with E-state index in [0.717, 1.165) is 34.2 Å². The van der Waals surface area contributed by atoms with Gasteiger partial charge in [0.25, 0.3) is 0 Å². The lowest BCUT2D eigenvalue weighted by molar-refractivity contribution is 0.400. The molecule has 1 aromatic carbocycles. The number of aromatic nitrogens is 8. The van der Waals surface area contributed by atoms with Crippen molar-refractivity contribution in [2.45, 2.75) is 20.8 Å². The van der Waals surface area contributed by atoms with Gasteiger partial charge < -0.3 is 9.84 Å². The van der Waals surface area contributed by atoms with Gasteiger partial charge >= 0.3 is 0 Å². The maximum atomic E-state index is 5.41. The van der Waals surface area contributed by atoms with Gasteiger partial charge in [0.2, 0.25) is 5.95 Å². The molecule has 0 unspecified atom stereocenters. The zero-order valence-corrected chi connectivity index (χ0v) is 17.2. The van der Waals surface area contributed by atoms with Gasteiger partial charge in [-0.2, -0.15) is 10.2 Å². The van der Waals surface area contributed by atoms with E-state index in [-0.39, 0.29) is 0 Å². The van der Waals surface area contributed by atoms with Crippen molar-refractivity contribution >= 4 is 11.6 Å². The molecule has 0 aliphatic rings. The lowest BCUT2D eigenvalue weighted by Gasteiger charge is -2.08. The highest BCUT2D eigenvalue weighted by molar-refractivity contribution is 5.80. The van der Waals surface area contributed by atoms with E-state index in [0.29, 0.717) is 23.1 Å². The van der Waals surface area contributed by atoms with Crippen LogP contribution in [0.4, 0.5) is 11.6 Å². The van der Waals surface area contributed by atoms with Crippen molar-refractivity contribution in [3.8, 4) is 28.2 Å². The molecule has 5 rings (SSSR count). The Hall–Kier alpha value is -4.34. The van der Waals surface area contributed by atoms with E-state index < -0.39 is 0 Å². The van der Waals surface area contributed by atoms with Crippen LogP contribution in [0, 0.1) is 20.8 Å². The first kappa shape index (κ1) is 18.7. The van der Waals surface area contributed by atoms with E-state index in [2.05, 4.69) is 40.7 Å². The molecule has 10 nitrogen and oxygen atoms in total. The summed E-state index contributed by atoms with van der Waals surface area (Å²) in [5.41, 5.74) is 4.80. The predicted octanol–water partition coefficient (Wildman–Crippen LogP) is 3.77. The molecule has 0 saturated carbocycles. The van der Waals surface area contributed by atoms with Gasteiger partial charge in [-0.3, -0.25) is 5.10 Å². The van der Waals surface area contributed by atoms with Gasteiger partial charge in [0.15, 0.2) is 0 Å². The van der Waals surface area contributed by atoms with Gasteiger partial charge in [0.1, 0.15) is 23.1 Å². The van der Waals surface area contributed by atoms with Gasteiger partial charge in [-0.1, -0.05) is 5.16 Å². The van der Waals surface area contributed by atoms with E-state index in [1.807, 2.05) is 45.0 Å². The zero-order chi connectivity index (χ0) is 21.4. The summed E-state index contributed by atoms with van der Waals surface area (Å²) in [6.07, 6.45) is 5.20. The van der Waals surface area contributed by atoms with Crippen molar-refractivity contribution in [2.24, 2.45) is 0 Å². The van der Waals surface area contributed by atoms with Crippen molar-refractivity contribution in [3.05, 3.63) is 66.3 Å². The summed E-state index contributed by atoms with van der Waals surface area (Å²) in [6.45, 7) is 5.66. The topological polar surface area (TPSA) is 123 Å². The molecule has 0 aliphatic heterocycles. The molecule has 0 bridgehead atoms. The summed E-state index contributed by atoms with van der Waals surface area (Å²) < 4.78 is 7.22. The third-order valence-electron chi connectivity index (χ3n) is 4.79. The highest BCUT2D eigenvalue weighted by atomic mass is 16.5.